The molecule has 1 aromatic carbocycles. The van der Waals surface area contributed by atoms with Crippen LogP contribution >= 0.6 is 0 Å². The third kappa shape index (κ3) is 3.91. The van der Waals surface area contributed by atoms with Gasteiger partial charge in [-0.3, -0.25) is 4.79 Å². The van der Waals surface area contributed by atoms with Gasteiger partial charge in [-0.1, -0.05) is 6.92 Å². The minimum absolute atomic E-state index is 0.0349. The molecular formula is C15H19F3N2O2. The molecule has 1 fully saturated rings. The van der Waals surface area contributed by atoms with Gasteiger partial charge in [0.1, 0.15) is 5.75 Å². The van der Waals surface area contributed by atoms with E-state index in [0.717, 1.165) is 25.0 Å². The van der Waals surface area contributed by atoms with E-state index in [1.165, 1.54) is 12.1 Å². The highest BCUT2D eigenvalue weighted by Crippen LogP contribution is 2.26. The van der Waals surface area contributed by atoms with Crippen LogP contribution in [-0.4, -0.2) is 36.3 Å². The van der Waals surface area contributed by atoms with Crippen molar-refractivity contribution in [2.24, 2.45) is 11.7 Å². The fraction of sp³-hybridized carbons (Fsp3) is 0.533. The van der Waals surface area contributed by atoms with Gasteiger partial charge in [0.15, 0.2) is 0 Å². The number of likely N-dealkylation sites (tertiary alicyclic amines) is 1. The molecule has 7 heteroatoms. The topological polar surface area (TPSA) is 55.6 Å². The summed E-state index contributed by atoms with van der Waals surface area (Å²) >= 11 is 0. The largest absolute Gasteiger partial charge is 0.573 e. The van der Waals surface area contributed by atoms with Gasteiger partial charge in [0, 0.05) is 24.7 Å². The van der Waals surface area contributed by atoms with Crippen LogP contribution in [0.4, 0.5) is 13.2 Å². The zero-order valence-electron chi connectivity index (χ0n) is 12.3. The first-order valence-electron chi connectivity index (χ1n) is 7.18. The van der Waals surface area contributed by atoms with Gasteiger partial charge in [-0.2, -0.15) is 0 Å². The molecule has 2 unspecified atom stereocenters. The van der Waals surface area contributed by atoms with E-state index in [2.05, 4.69) is 11.7 Å². The average Bonchev–Trinajstić information content (AvgIpc) is 2.45. The molecule has 0 aromatic heterocycles. The number of hydrogen-bond acceptors (Lipinski definition) is 3. The molecule has 2 atom stereocenters. The van der Waals surface area contributed by atoms with Crippen LogP contribution in [0.3, 0.4) is 0 Å². The van der Waals surface area contributed by atoms with Crippen molar-refractivity contribution in [1.29, 1.82) is 0 Å². The lowest BCUT2D eigenvalue weighted by Crippen LogP contribution is -2.51. The highest BCUT2D eigenvalue weighted by molar-refractivity contribution is 5.94. The number of benzene rings is 1. The fourth-order valence-corrected chi connectivity index (χ4v) is 2.83. The molecule has 0 saturated carbocycles. The third-order valence-corrected chi connectivity index (χ3v) is 3.95. The van der Waals surface area contributed by atoms with Crippen LogP contribution in [-0.2, 0) is 0 Å². The van der Waals surface area contributed by atoms with Gasteiger partial charge < -0.3 is 15.4 Å². The number of ether oxygens (including phenoxy) is 1. The van der Waals surface area contributed by atoms with E-state index < -0.39 is 6.36 Å². The number of carbonyl (C=O) groups excluding carboxylic acids is 1. The maximum absolute atomic E-state index is 12.5. The summed E-state index contributed by atoms with van der Waals surface area (Å²) in [5.41, 5.74) is 6.09. The lowest BCUT2D eigenvalue weighted by molar-refractivity contribution is -0.274. The summed E-state index contributed by atoms with van der Waals surface area (Å²) in [7, 11) is 0. The van der Waals surface area contributed by atoms with E-state index in [0.29, 0.717) is 24.6 Å². The summed E-state index contributed by atoms with van der Waals surface area (Å²) in [6.07, 6.45) is -2.82. The molecule has 4 nitrogen and oxygen atoms in total. The number of rotatable bonds is 3. The quantitative estimate of drug-likeness (QED) is 0.933. The first-order valence-corrected chi connectivity index (χ1v) is 7.18. The van der Waals surface area contributed by atoms with E-state index in [1.54, 1.807) is 4.90 Å². The van der Waals surface area contributed by atoms with Gasteiger partial charge in [0.2, 0.25) is 0 Å². The Morgan fingerprint density at radius 2 is 2.00 bits per heavy atom. The number of nitrogens with zero attached hydrogens (tertiary/aromatic N) is 1. The molecule has 1 heterocycles. The number of hydrogen-bond donors (Lipinski definition) is 1. The number of carbonyl (C=O) groups is 1. The van der Waals surface area contributed by atoms with Gasteiger partial charge >= 0.3 is 6.36 Å². The van der Waals surface area contributed by atoms with Crippen molar-refractivity contribution in [2.75, 3.05) is 13.1 Å². The maximum Gasteiger partial charge on any atom is 0.573 e. The van der Waals surface area contributed by atoms with Crippen molar-refractivity contribution in [3.05, 3.63) is 29.8 Å². The summed E-state index contributed by atoms with van der Waals surface area (Å²) in [4.78, 5) is 14.2. The van der Waals surface area contributed by atoms with E-state index >= 15 is 0 Å². The Morgan fingerprint density at radius 3 is 2.55 bits per heavy atom. The summed E-state index contributed by atoms with van der Waals surface area (Å²) in [5.74, 6) is -0.234. The van der Waals surface area contributed by atoms with Crippen molar-refractivity contribution in [1.82, 2.24) is 4.90 Å². The van der Waals surface area contributed by atoms with Crippen molar-refractivity contribution >= 4 is 5.91 Å². The lowest BCUT2D eigenvalue weighted by atomic mass is 9.90. The zero-order valence-corrected chi connectivity index (χ0v) is 12.3. The van der Waals surface area contributed by atoms with Gasteiger partial charge in [0.05, 0.1) is 0 Å². The van der Waals surface area contributed by atoms with Crippen molar-refractivity contribution in [3.63, 3.8) is 0 Å². The standard InChI is InChI=1S/C15H19F3N2O2/c1-10-3-2-8-20(13(10)9-19)14(21)11-4-6-12(7-5-11)22-15(16,17)18/h4-7,10,13H,2-3,8-9,19H2,1H3. The van der Waals surface area contributed by atoms with Gasteiger partial charge in [-0.25, -0.2) is 0 Å². The van der Waals surface area contributed by atoms with Crippen LogP contribution < -0.4 is 10.5 Å². The average molecular weight is 316 g/mol. The smallest absolute Gasteiger partial charge is 0.406 e. The lowest BCUT2D eigenvalue weighted by Gasteiger charge is -2.39. The molecule has 0 radical (unpaired) electrons. The van der Waals surface area contributed by atoms with Crippen LogP contribution in [0.1, 0.15) is 30.1 Å². The molecule has 0 aliphatic carbocycles. The molecule has 0 spiro atoms. The van der Waals surface area contributed by atoms with Crippen LogP contribution in [0.25, 0.3) is 0 Å². The molecule has 22 heavy (non-hydrogen) atoms. The Hall–Kier alpha value is -1.76. The Labute approximate surface area is 127 Å². The predicted octanol–water partition coefficient (Wildman–Crippen LogP) is 2.78. The fourth-order valence-electron chi connectivity index (χ4n) is 2.83. The van der Waals surface area contributed by atoms with E-state index in [4.69, 9.17) is 5.73 Å². The Bertz CT molecular complexity index is 517. The van der Waals surface area contributed by atoms with Crippen LogP contribution in [0, 0.1) is 5.92 Å². The normalized spacial score (nSPS) is 22.5. The van der Waals surface area contributed by atoms with Crippen molar-refractivity contribution in [2.45, 2.75) is 32.2 Å². The molecule has 2 rings (SSSR count). The second-order valence-electron chi connectivity index (χ2n) is 5.49. The van der Waals surface area contributed by atoms with Crippen molar-refractivity contribution in [3.8, 4) is 5.75 Å². The van der Waals surface area contributed by atoms with Crippen LogP contribution in [0.5, 0.6) is 5.75 Å². The molecule has 0 bridgehead atoms. The maximum atomic E-state index is 12.5. The summed E-state index contributed by atoms with van der Waals surface area (Å²) in [6, 6.07) is 4.94. The highest BCUT2D eigenvalue weighted by atomic mass is 19.4. The second-order valence-corrected chi connectivity index (χ2v) is 5.49. The summed E-state index contributed by atoms with van der Waals surface area (Å²) in [5, 5.41) is 0. The number of halogens is 3. The van der Waals surface area contributed by atoms with E-state index in [9.17, 15) is 18.0 Å². The predicted molar refractivity (Wildman–Crippen MR) is 75.4 cm³/mol. The summed E-state index contributed by atoms with van der Waals surface area (Å²) in [6.45, 7) is 3.05. The minimum atomic E-state index is -4.74. The monoisotopic (exact) mass is 316 g/mol. The molecule has 122 valence electrons. The highest BCUT2D eigenvalue weighted by Gasteiger charge is 2.32. The number of nitrogens with two attached hydrogens (primary N) is 1. The minimum Gasteiger partial charge on any atom is -0.406 e. The van der Waals surface area contributed by atoms with Gasteiger partial charge in [-0.05, 0) is 43.0 Å². The van der Waals surface area contributed by atoms with E-state index in [1.807, 2.05) is 0 Å². The molecule has 1 saturated heterocycles. The molecular weight excluding hydrogens is 297 g/mol. The third-order valence-electron chi connectivity index (χ3n) is 3.95. The Morgan fingerprint density at radius 1 is 1.36 bits per heavy atom. The van der Waals surface area contributed by atoms with Crippen LogP contribution in [0.15, 0.2) is 24.3 Å². The van der Waals surface area contributed by atoms with Gasteiger partial charge in [-0.15, -0.1) is 13.2 Å². The Kier molecular flexibility index (Phi) is 4.95. The SMILES string of the molecule is CC1CCCN(C(=O)c2ccc(OC(F)(F)F)cc2)C1CN. The first-order chi connectivity index (χ1) is 10.3. The molecule has 1 aliphatic heterocycles. The first kappa shape index (κ1) is 16.6. The van der Waals surface area contributed by atoms with Crippen LogP contribution in [0.2, 0.25) is 0 Å². The van der Waals surface area contributed by atoms with Gasteiger partial charge in [0.25, 0.3) is 5.91 Å². The number of piperidine rings is 1. The summed E-state index contributed by atoms with van der Waals surface area (Å²) < 4.78 is 40.2. The zero-order chi connectivity index (χ0) is 16.3. The van der Waals surface area contributed by atoms with Crippen molar-refractivity contribution < 1.29 is 22.7 Å². The molecule has 1 aromatic rings. The second kappa shape index (κ2) is 6.56. The molecule has 1 aliphatic rings. The molecule has 1 amide bonds. The number of amides is 1. The Balaban J connectivity index is 2.12. The number of alkyl halides is 3. The molecule has 2 N–H and O–H groups in total. The van der Waals surface area contributed by atoms with E-state index in [-0.39, 0.29) is 17.7 Å².